The fraction of sp³-hybridized carbons (Fsp3) is 0.333. The van der Waals surface area contributed by atoms with Gasteiger partial charge in [0.1, 0.15) is 0 Å². The lowest BCUT2D eigenvalue weighted by Crippen LogP contribution is -2.26. The van der Waals surface area contributed by atoms with Gasteiger partial charge in [0, 0.05) is 23.6 Å². The highest BCUT2D eigenvalue weighted by Crippen LogP contribution is 2.11. The first-order valence-corrected chi connectivity index (χ1v) is 5.35. The molecule has 0 aromatic heterocycles. The smallest absolute Gasteiger partial charge is 0.176 e. The maximum atomic E-state index is 11.8. The van der Waals surface area contributed by atoms with E-state index >= 15 is 0 Å². The Hall–Kier alpha value is -1.37. The lowest BCUT2D eigenvalue weighted by Gasteiger charge is -2.13. The number of nitriles is 1. The number of carbonyl (C=O) groups excluding carboxylic acids is 1. The van der Waals surface area contributed by atoms with Gasteiger partial charge in [0.2, 0.25) is 0 Å². The SMILES string of the molecule is CN(CCC#N)CC(=O)c1cccc(Cl)c1. The van der Waals surface area contributed by atoms with Crippen molar-refractivity contribution < 1.29 is 4.79 Å². The van der Waals surface area contributed by atoms with E-state index in [1.54, 1.807) is 24.3 Å². The average molecular weight is 237 g/mol. The maximum Gasteiger partial charge on any atom is 0.176 e. The minimum absolute atomic E-state index is 0.0166. The fourth-order valence-corrected chi connectivity index (χ4v) is 1.51. The molecule has 0 saturated heterocycles. The molecule has 1 aromatic carbocycles. The van der Waals surface area contributed by atoms with Gasteiger partial charge in [-0.2, -0.15) is 5.26 Å². The molecular formula is C12H13ClN2O. The summed E-state index contributed by atoms with van der Waals surface area (Å²) < 4.78 is 0. The number of hydrogen-bond acceptors (Lipinski definition) is 3. The van der Waals surface area contributed by atoms with Crippen LogP contribution in [-0.2, 0) is 0 Å². The molecular weight excluding hydrogens is 224 g/mol. The van der Waals surface area contributed by atoms with Crippen molar-refractivity contribution in [3.8, 4) is 6.07 Å². The Morgan fingerprint density at radius 2 is 2.31 bits per heavy atom. The number of carbonyl (C=O) groups is 1. The van der Waals surface area contributed by atoms with Crippen molar-refractivity contribution in [3.63, 3.8) is 0 Å². The molecule has 0 fully saturated rings. The van der Waals surface area contributed by atoms with Crippen LogP contribution in [0.2, 0.25) is 5.02 Å². The summed E-state index contributed by atoms with van der Waals surface area (Å²) in [5, 5.41) is 8.98. The molecule has 0 saturated carbocycles. The van der Waals surface area contributed by atoms with E-state index in [-0.39, 0.29) is 5.78 Å². The van der Waals surface area contributed by atoms with Crippen LogP contribution in [0, 0.1) is 11.3 Å². The van der Waals surface area contributed by atoms with Crippen molar-refractivity contribution in [1.29, 1.82) is 5.26 Å². The summed E-state index contributed by atoms with van der Waals surface area (Å²) in [7, 11) is 1.82. The van der Waals surface area contributed by atoms with Gasteiger partial charge in [-0.1, -0.05) is 23.7 Å². The molecule has 0 unspecified atom stereocenters. The van der Waals surface area contributed by atoms with E-state index in [0.717, 1.165) is 0 Å². The number of nitrogens with zero attached hydrogens (tertiary/aromatic N) is 2. The van der Waals surface area contributed by atoms with Gasteiger partial charge < -0.3 is 0 Å². The molecule has 0 aliphatic rings. The van der Waals surface area contributed by atoms with Gasteiger partial charge in [0.15, 0.2) is 5.78 Å². The maximum absolute atomic E-state index is 11.8. The summed E-state index contributed by atoms with van der Waals surface area (Å²) in [6.45, 7) is 0.908. The van der Waals surface area contributed by atoms with Gasteiger partial charge in [0.25, 0.3) is 0 Å². The number of hydrogen-bond donors (Lipinski definition) is 0. The molecule has 0 spiro atoms. The van der Waals surface area contributed by atoms with E-state index in [1.165, 1.54) is 0 Å². The van der Waals surface area contributed by atoms with E-state index in [9.17, 15) is 4.79 Å². The van der Waals surface area contributed by atoms with Crippen LogP contribution in [0.1, 0.15) is 16.8 Å². The molecule has 0 amide bonds. The number of rotatable bonds is 5. The molecule has 0 aliphatic carbocycles. The quantitative estimate of drug-likeness (QED) is 0.738. The summed E-state index contributed by atoms with van der Waals surface area (Å²) in [6.07, 6.45) is 0.430. The highest BCUT2D eigenvalue weighted by Gasteiger charge is 2.09. The monoisotopic (exact) mass is 236 g/mol. The number of Topliss-reactive ketones (excluding diaryl/α,β-unsaturated/α-hetero) is 1. The number of benzene rings is 1. The zero-order chi connectivity index (χ0) is 12.0. The number of ketones is 1. The van der Waals surface area contributed by atoms with E-state index in [1.807, 2.05) is 18.0 Å². The van der Waals surface area contributed by atoms with Crippen LogP contribution >= 0.6 is 11.6 Å². The summed E-state index contributed by atoms with van der Waals surface area (Å²) in [5.74, 6) is 0.0166. The van der Waals surface area contributed by atoms with Crippen LogP contribution < -0.4 is 0 Å². The Bertz CT molecular complexity index is 412. The predicted molar refractivity (Wildman–Crippen MR) is 63.5 cm³/mol. The number of halogens is 1. The molecule has 0 aliphatic heterocycles. The Kier molecular flexibility index (Phi) is 4.97. The molecule has 1 aromatic rings. The van der Waals surface area contributed by atoms with E-state index < -0.39 is 0 Å². The second-order valence-electron chi connectivity index (χ2n) is 3.58. The second-order valence-corrected chi connectivity index (χ2v) is 4.02. The average Bonchev–Trinajstić information content (AvgIpc) is 2.26. The lowest BCUT2D eigenvalue weighted by molar-refractivity contribution is 0.0947. The predicted octanol–water partition coefficient (Wildman–Crippen LogP) is 2.37. The minimum atomic E-state index is 0.0166. The summed E-state index contributed by atoms with van der Waals surface area (Å²) in [6, 6.07) is 8.93. The Balaban J connectivity index is 2.56. The van der Waals surface area contributed by atoms with E-state index in [4.69, 9.17) is 16.9 Å². The van der Waals surface area contributed by atoms with Crippen LogP contribution in [0.4, 0.5) is 0 Å². The van der Waals surface area contributed by atoms with Gasteiger partial charge in [0.05, 0.1) is 12.6 Å². The molecule has 3 nitrogen and oxygen atoms in total. The highest BCUT2D eigenvalue weighted by molar-refractivity contribution is 6.31. The zero-order valence-corrected chi connectivity index (χ0v) is 9.87. The van der Waals surface area contributed by atoms with Crippen molar-refractivity contribution in [2.24, 2.45) is 0 Å². The third kappa shape index (κ3) is 4.01. The Morgan fingerprint density at radius 1 is 1.56 bits per heavy atom. The van der Waals surface area contributed by atoms with Crippen molar-refractivity contribution in [1.82, 2.24) is 4.90 Å². The zero-order valence-electron chi connectivity index (χ0n) is 9.11. The van der Waals surface area contributed by atoms with Crippen LogP contribution in [0.25, 0.3) is 0 Å². The first-order valence-electron chi connectivity index (χ1n) is 4.97. The topological polar surface area (TPSA) is 44.1 Å². The molecule has 84 valence electrons. The highest BCUT2D eigenvalue weighted by atomic mass is 35.5. The van der Waals surface area contributed by atoms with Crippen LogP contribution in [0.3, 0.4) is 0 Å². The second kappa shape index (κ2) is 6.26. The number of likely N-dealkylation sites (N-methyl/N-ethyl adjacent to an activating group) is 1. The first kappa shape index (κ1) is 12.7. The van der Waals surface area contributed by atoms with Gasteiger partial charge in [-0.05, 0) is 19.2 Å². The fourth-order valence-electron chi connectivity index (χ4n) is 1.32. The summed E-state index contributed by atoms with van der Waals surface area (Å²) in [4.78, 5) is 13.6. The first-order chi connectivity index (χ1) is 7.63. The Labute approximate surface area is 100 Å². The van der Waals surface area contributed by atoms with Crippen LogP contribution in [0.15, 0.2) is 24.3 Å². The molecule has 0 radical (unpaired) electrons. The molecule has 4 heteroatoms. The van der Waals surface area contributed by atoms with Crippen LogP contribution in [0.5, 0.6) is 0 Å². The van der Waals surface area contributed by atoms with Gasteiger partial charge in [-0.3, -0.25) is 9.69 Å². The third-order valence-corrected chi connectivity index (χ3v) is 2.40. The molecule has 0 N–H and O–H groups in total. The molecule has 1 rings (SSSR count). The lowest BCUT2D eigenvalue weighted by atomic mass is 10.1. The standard InChI is InChI=1S/C12H13ClN2O/c1-15(7-3-6-14)9-12(16)10-4-2-5-11(13)8-10/h2,4-5,8H,3,7,9H2,1H3. The Morgan fingerprint density at radius 3 is 2.94 bits per heavy atom. The van der Waals surface area contributed by atoms with E-state index in [2.05, 4.69) is 0 Å². The largest absolute Gasteiger partial charge is 0.298 e. The van der Waals surface area contributed by atoms with Gasteiger partial charge in [-0.15, -0.1) is 0 Å². The van der Waals surface area contributed by atoms with E-state index in [0.29, 0.717) is 30.1 Å². The van der Waals surface area contributed by atoms with Crippen molar-refractivity contribution in [3.05, 3.63) is 34.9 Å². The van der Waals surface area contributed by atoms with Crippen molar-refractivity contribution in [2.75, 3.05) is 20.1 Å². The van der Waals surface area contributed by atoms with Gasteiger partial charge >= 0.3 is 0 Å². The van der Waals surface area contributed by atoms with Crippen LogP contribution in [-0.4, -0.2) is 30.8 Å². The van der Waals surface area contributed by atoms with Crippen molar-refractivity contribution in [2.45, 2.75) is 6.42 Å². The van der Waals surface area contributed by atoms with Gasteiger partial charge in [-0.25, -0.2) is 0 Å². The molecule has 0 atom stereocenters. The molecule has 0 heterocycles. The molecule has 0 bridgehead atoms. The third-order valence-electron chi connectivity index (χ3n) is 2.17. The summed E-state index contributed by atoms with van der Waals surface area (Å²) >= 11 is 5.80. The normalized spacial score (nSPS) is 10.1. The molecule has 16 heavy (non-hydrogen) atoms. The minimum Gasteiger partial charge on any atom is -0.298 e. The van der Waals surface area contributed by atoms with Crippen molar-refractivity contribution >= 4 is 17.4 Å². The summed E-state index contributed by atoms with van der Waals surface area (Å²) in [5.41, 5.74) is 0.608.